The van der Waals surface area contributed by atoms with E-state index >= 15 is 0 Å². The quantitative estimate of drug-likeness (QED) is 0.402. The van der Waals surface area contributed by atoms with Crippen molar-refractivity contribution in [2.24, 2.45) is 5.92 Å². The fourth-order valence-electron chi connectivity index (χ4n) is 4.94. The van der Waals surface area contributed by atoms with Crippen LogP contribution in [0.5, 0.6) is 0 Å². The zero-order chi connectivity index (χ0) is 26.1. The lowest BCUT2D eigenvalue weighted by Gasteiger charge is -2.32. The molecule has 3 aromatic rings. The number of nitrogens with two attached hydrogens (primary N) is 1. The summed E-state index contributed by atoms with van der Waals surface area (Å²) in [6, 6.07) is 7.97. The molecule has 0 radical (unpaired) electrons. The van der Waals surface area contributed by atoms with Gasteiger partial charge in [0.2, 0.25) is 0 Å². The van der Waals surface area contributed by atoms with Gasteiger partial charge in [-0.3, -0.25) is 4.79 Å². The number of amides is 2. The van der Waals surface area contributed by atoms with Gasteiger partial charge in [0.1, 0.15) is 5.82 Å². The van der Waals surface area contributed by atoms with Gasteiger partial charge in [0.05, 0.1) is 22.1 Å². The molecule has 0 aliphatic carbocycles. The van der Waals surface area contributed by atoms with E-state index in [1.165, 1.54) is 6.20 Å². The van der Waals surface area contributed by atoms with Crippen LogP contribution in [-0.2, 0) is 16.0 Å². The number of hydrogen-bond donors (Lipinski definition) is 2. The summed E-state index contributed by atoms with van der Waals surface area (Å²) in [5.41, 5.74) is 9.93. The highest BCUT2D eigenvalue weighted by Gasteiger charge is 2.36. The number of nitrogen functional groups attached to an aromatic ring is 1. The number of aryl methyl sites for hydroxylation is 1. The number of likely N-dealkylation sites (N-methyl/N-ethyl adjacent to an activating group) is 1. The largest absolute Gasteiger partial charge is 0.477 e. The number of thiazole rings is 1. The first-order valence-electron chi connectivity index (χ1n) is 12.9. The number of carbonyl (C=O) groups excluding carboxylic acids is 2. The molecule has 0 saturated carbocycles. The normalized spacial score (nSPS) is 18.9. The maximum Gasteiger partial charge on any atom is 0.477 e. The minimum absolute atomic E-state index is 0.303. The number of fused-ring (bicyclic) bond motifs is 1. The van der Waals surface area contributed by atoms with Gasteiger partial charge in [-0.1, -0.05) is 25.2 Å². The molecule has 10 heteroatoms. The van der Waals surface area contributed by atoms with Crippen LogP contribution in [0.15, 0.2) is 30.5 Å². The minimum Gasteiger partial charge on any atom is -0.383 e. The number of aromatic nitrogens is 2. The third-order valence-electron chi connectivity index (χ3n) is 7.26. The number of hydrogen-bond acceptors (Lipinski definition) is 8. The second kappa shape index (κ2) is 10.5. The summed E-state index contributed by atoms with van der Waals surface area (Å²) in [7, 11) is 2.15. The van der Waals surface area contributed by atoms with Gasteiger partial charge in [-0.2, -0.15) is 4.58 Å². The number of nitrogens with one attached hydrogen (secondary N) is 1. The standard InChI is InChI=1S/C27H33N7O2S/c1-4-18-13-20(15-29-24(18)28)30-25(35)26(36)34-16-17(2)5-7-22(34)19-6-8-23-21(14-19)31-27(37-23)33-11-9-32(3)10-12-33/h6,8,13-15,17H,4-5,7,9-12,16H2,1-3H3,(H2-,28,29,30,35,36)/p+1/t17-/m0/s1. The summed E-state index contributed by atoms with van der Waals surface area (Å²) >= 11 is 1.71. The van der Waals surface area contributed by atoms with Gasteiger partial charge in [0, 0.05) is 44.1 Å². The molecule has 0 spiro atoms. The molecule has 2 aliphatic rings. The third kappa shape index (κ3) is 5.35. The topological polar surface area (TPSA) is 107 Å². The first-order valence-corrected chi connectivity index (χ1v) is 13.7. The van der Waals surface area contributed by atoms with Gasteiger partial charge in [-0.25, -0.2) is 14.8 Å². The van der Waals surface area contributed by atoms with Crippen molar-refractivity contribution in [1.29, 1.82) is 0 Å². The van der Waals surface area contributed by atoms with Gasteiger partial charge < -0.3 is 20.9 Å². The molecule has 0 bridgehead atoms. The van der Waals surface area contributed by atoms with E-state index in [1.54, 1.807) is 22.0 Å². The Morgan fingerprint density at radius 1 is 1.22 bits per heavy atom. The van der Waals surface area contributed by atoms with Gasteiger partial charge in [-0.05, 0) is 49.7 Å². The van der Waals surface area contributed by atoms with Crippen LogP contribution >= 0.6 is 11.3 Å². The molecule has 1 fully saturated rings. The number of carbonyl (C=O) groups is 2. The van der Waals surface area contributed by atoms with E-state index in [0.29, 0.717) is 30.4 Å². The molecule has 4 heterocycles. The van der Waals surface area contributed by atoms with Gasteiger partial charge in [0.15, 0.2) is 17.4 Å². The molecule has 37 heavy (non-hydrogen) atoms. The lowest BCUT2D eigenvalue weighted by atomic mass is 9.94. The van der Waals surface area contributed by atoms with Crippen molar-refractivity contribution in [2.75, 3.05) is 55.7 Å². The Kier molecular flexibility index (Phi) is 7.21. The number of anilines is 3. The van der Waals surface area contributed by atoms with E-state index in [0.717, 1.165) is 71.2 Å². The summed E-state index contributed by atoms with van der Waals surface area (Å²) < 4.78 is 2.77. The highest BCUT2D eigenvalue weighted by atomic mass is 32.1. The molecule has 2 aromatic heterocycles. The number of rotatable bonds is 4. The maximum atomic E-state index is 13.4. The van der Waals surface area contributed by atoms with Crippen molar-refractivity contribution < 1.29 is 14.2 Å². The SMILES string of the molecule is CCc1cc(NC(=O)C(=O)[N+]2=C(c3ccc4sc(N5CCN(C)CC5)nc4c3)CC[C@H](C)C2)cnc1N. The molecule has 1 saturated heterocycles. The van der Waals surface area contributed by atoms with Gasteiger partial charge in [0.25, 0.3) is 0 Å². The first-order chi connectivity index (χ1) is 17.8. The zero-order valence-corrected chi connectivity index (χ0v) is 22.5. The molecule has 2 amide bonds. The molecule has 194 valence electrons. The average Bonchev–Trinajstić information content (AvgIpc) is 3.33. The fraction of sp³-hybridized carbons (Fsp3) is 0.444. The van der Waals surface area contributed by atoms with E-state index in [9.17, 15) is 9.59 Å². The molecule has 2 aliphatic heterocycles. The smallest absolute Gasteiger partial charge is 0.383 e. The molecule has 1 aromatic carbocycles. The van der Waals surface area contributed by atoms with Gasteiger partial charge >= 0.3 is 11.8 Å². The van der Waals surface area contributed by atoms with Crippen molar-refractivity contribution in [3.8, 4) is 0 Å². The zero-order valence-electron chi connectivity index (χ0n) is 21.7. The summed E-state index contributed by atoms with van der Waals surface area (Å²) in [5.74, 6) is -0.502. The monoisotopic (exact) mass is 520 g/mol. The predicted octanol–water partition coefficient (Wildman–Crippen LogP) is 2.98. The van der Waals surface area contributed by atoms with Crippen molar-refractivity contribution >= 4 is 55.7 Å². The van der Waals surface area contributed by atoms with Crippen LogP contribution in [0.2, 0.25) is 0 Å². The van der Waals surface area contributed by atoms with Gasteiger partial charge in [-0.15, -0.1) is 0 Å². The third-order valence-corrected chi connectivity index (χ3v) is 8.35. The van der Waals surface area contributed by atoms with Crippen LogP contribution in [0, 0.1) is 5.92 Å². The summed E-state index contributed by atoms with van der Waals surface area (Å²) in [6.07, 6.45) is 3.86. The molecule has 9 nitrogen and oxygen atoms in total. The van der Waals surface area contributed by atoms with Crippen LogP contribution in [0.4, 0.5) is 16.6 Å². The Labute approximate surface area is 221 Å². The fourth-order valence-corrected chi connectivity index (χ4v) is 5.94. The average molecular weight is 521 g/mol. The van der Waals surface area contributed by atoms with E-state index in [1.807, 2.05) is 6.92 Å². The van der Waals surface area contributed by atoms with Crippen molar-refractivity contribution in [3.63, 3.8) is 0 Å². The van der Waals surface area contributed by atoms with E-state index in [4.69, 9.17) is 10.7 Å². The first kappa shape index (κ1) is 25.3. The van der Waals surface area contributed by atoms with Crippen molar-refractivity contribution in [3.05, 3.63) is 41.6 Å². The lowest BCUT2D eigenvalue weighted by molar-refractivity contribution is -0.456. The Hall–Kier alpha value is -3.37. The minimum atomic E-state index is -0.674. The second-order valence-electron chi connectivity index (χ2n) is 10.1. The number of pyridine rings is 1. The number of benzene rings is 1. The van der Waals surface area contributed by atoms with Crippen LogP contribution in [0.25, 0.3) is 10.2 Å². The van der Waals surface area contributed by atoms with Crippen LogP contribution < -0.4 is 16.0 Å². The molecular weight excluding hydrogens is 486 g/mol. The molecule has 3 N–H and O–H groups in total. The Morgan fingerprint density at radius 2 is 2.00 bits per heavy atom. The Morgan fingerprint density at radius 3 is 2.76 bits per heavy atom. The van der Waals surface area contributed by atoms with E-state index in [2.05, 4.69) is 52.3 Å². The van der Waals surface area contributed by atoms with E-state index < -0.39 is 11.8 Å². The maximum absolute atomic E-state index is 13.4. The molecule has 1 atom stereocenters. The lowest BCUT2D eigenvalue weighted by Crippen LogP contribution is -2.44. The molecular formula is C27H34N7O2S+. The van der Waals surface area contributed by atoms with Crippen LogP contribution in [-0.4, -0.2) is 76.7 Å². The Balaban J connectivity index is 1.42. The predicted molar refractivity (Wildman–Crippen MR) is 149 cm³/mol. The van der Waals surface area contributed by atoms with Crippen molar-refractivity contribution in [2.45, 2.75) is 33.1 Å². The Bertz CT molecular complexity index is 1370. The second-order valence-corrected chi connectivity index (χ2v) is 11.1. The van der Waals surface area contributed by atoms with Crippen LogP contribution in [0.3, 0.4) is 0 Å². The highest BCUT2D eigenvalue weighted by molar-refractivity contribution is 7.22. The summed E-state index contributed by atoms with van der Waals surface area (Å²) in [6.45, 7) is 8.58. The molecule has 0 unspecified atom stereocenters. The van der Waals surface area contributed by atoms with Crippen molar-refractivity contribution in [1.82, 2.24) is 14.9 Å². The number of nitrogens with zero attached hydrogens (tertiary/aromatic N) is 5. The van der Waals surface area contributed by atoms with E-state index in [-0.39, 0.29) is 0 Å². The number of piperazine rings is 1. The summed E-state index contributed by atoms with van der Waals surface area (Å²) in [5, 5.41) is 3.76. The molecule has 5 rings (SSSR count). The van der Waals surface area contributed by atoms with Crippen LogP contribution in [0.1, 0.15) is 37.8 Å². The summed E-state index contributed by atoms with van der Waals surface area (Å²) in [4.78, 5) is 40.1. The highest BCUT2D eigenvalue weighted by Crippen LogP contribution is 2.31.